The second-order valence-corrected chi connectivity index (χ2v) is 7.78. The zero-order valence-corrected chi connectivity index (χ0v) is 16.0. The molecule has 2 aromatic heterocycles. The maximum absolute atomic E-state index is 12.9. The number of rotatable bonds is 4. The molecule has 0 spiro atoms. The van der Waals surface area contributed by atoms with Crippen LogP contribution < -0.4 is 16.2 Å². The number of carbonyl (C=O) groups excluding carboxylic acids is 1. The highest BCUT2D eigenvalue weighted by Gasteiger charge is 2.37. The summed E-state index contributed by atoms with van der Waals surface area (Å²) < 4.78 is 1.89. The van der Waals surface area contributed by atoms with Crippen molar-refractivity contribution in [1.29, 1.82) is 0 Å². The quantitative estimate of drug-likeness (QED) is 0.636. The van der Waals surface area contributed by atoms with Gasteiger partial charge in [0.2, 0.25) is 0 Å². The summed E-state index contributed by atoms with van der Waals surface area (Å²) in [5.41, 5.74) is 3.02. The number of carbonyl (C=O) groups is 1. The molecule has 0 radical (unpaired) electrons. The molecular formula is C22H23N5O2. The van der Waals surface area contributed by atoms with Gasteiger partial charge in [-0.25, -0.2) is 4.98 Å². The number of amides is 1. The minimum absolute atomic E-state index is 0.00450. The number of piperidine rings is 1. The fourth-order valence-electron chi connectivity index (χ4n) is 4.73. The molecule has 1 fully saturated rings. The van der Waals surface area contributed by atoms with Gasteiger partial charge in [-0.15, -0.1) is 0 Å². The van der Waals surface area contributed by atoms with E-state index in [2.05, 4.69) is 20.6 Å². The molecule has 3 N–H and O–H groups in total. The number of nitrogens with zero attached hydrogens (tertiary/aromatic N) is 2. The molecule has 0 saturated carbocycles. The zero-order chi connectivity index (χ0) is 19.8. The van der Waals surface area contributed by atoms with E-state index in [0.29, 0.717) is 29.8 Å². The highest BCUT2D eigenvalue weighted by molar-refractivity contribution is 5.98. The highest BCUT2D eigenvalue weighted by atomic mass is 16.2. The van der Waals surface area contributed by atoms with Gasteiger partial charge in [0.05, 0.1) is 12.4 Å². The number of hydrogen-bond acceptors (Lipinski definition) is 4. The third-order valence-electron chi connectivity index (χ3n) is 6.09. The van der Waals surface area contributed by atoms with Gasteiger partial charge in [0.25, 0.3) is 11.5 Å². The first kappa shape index (κ1) is 17.9. The lowest BCUT2D eigenvalue weighted by Crippen LogP contribution is -2.50. The summed E-state index contributed by atoms with van der Waals surface area (Å²) in [6.45, 7) is 2.16. The Labute approximate surface area is 168 Å². The Morgan fingerprint density at radius 1 is 1.14 bits per heavy atom. The Morgan fingerprint density at radius 3 is 2.86 bits per heavy atom. The average molecular weight is 389 g/mol. The van der Waals surface area contributed by atoms with Crippen LogP contribution in [0.5, 0.6) is 0 Å². The molecule has 29 heavy (non-hydrogen) atoms. The van der Waals surface area contributed by atoms with Crippen LogP contribution in [0, 0.1) is 5.92 Å². The minimum Gasteiger partial charge on any atom is -0.349 e. The second kappa shape index (κ2) is 7.33. The van der Waals surface area contributed by atoms with Crippen molar-refractivity contribution in [3.8, 4) is 11.3 Å². The number of fused-ring (bicyclic) bond motifs is 4. The fourth-order valence-corrected chi connectivity index (χ4v) is 4.73. The summed E-state index contributed by atoms with van der Waals surface area (Å²) in [4.78, 5) is 32.8. The molecule has 4 heterocycles. The largest absolute Gasteiger partial charge is 0.349 e. The molecule has 0 unspecified atom stereocenters. The van der Waals surface area contributed by atoms with Crippen molar-refractivity contribution in [1.82, 2.24) is 25.2 Å². The molecule has 2 aliphatic heterocycles. The van der Waals surface area contributed by atoms with Crippen molar-refractivity contribution in [2.75, 3.05) is 19.6 Å². The lowest BCUT2D eigenvalue weighted by molar-refractivity contribution is 0.0928. The molecule has 1 amide bonds. The predicted molar refractivity (Wildman–Crippen MR) is 110 cm³/mol. The van der Waals surface area contributed by atoms with E-state index in [1.165, 1.54) is 6.33 Å². The Hall–Kier alpha value is -3.19. The van der Waals surface area contributed by atoms with Gasteiger partial charge in [0, 0.05) is 42.9 Å². The van der Waals surface area contributed by atoms with E-state index in [0.717, 1.165) is 30.8 Å². The summed E-state index contributed by atoms with van der Waals surface area (Å²) in [6.07, 6.45) is 2.57. The number of hydrogen-bond donors (Lipinski definition) is 3. The van der Waals surface area contributed by atoms with Crippen LogP contribution in [0.3, 0.4) is 0 Å². The van der Waals surface area contributed by atoms with E-state index in [1.807, 2.05) is 47.0 Å². The molecule has 5 rings (SSSR count). The summed E-state index contributed by atoms with van der Waals surface area (Å²) in [5.74, 6) is 0.460. The summed E-state index contributed by atoms with van der Waals surface area (Å²) in [7, 11) is 0. The summed E-state index contributed by atoms with van der Waals surface area (Å²) >= 11 is 0. The SMILES string of the molecule is O=C(NC[C@H]1[C@@H]2CNC[C@@H](C2)c2cccc(=O)n21)c1[nH]cnc1-c1ccccc1. The predicted octanol–water partition coefficient (Wildman–Crippen LogP) is 1.92. The van der Waals surface area contributed by atoms with Gasteiger partial charge >= 0.3 is 0 Å². The van der Waals surface area contributed by atoms with E-state index < -0.39 is 0 Å². The molecule has 2 aliphatic rings. The van der Waals surface area contributed by atoms with Crippen LogP contribution in [-0.2, 0) is 0 Å². The standard InChI is InChI=1S/C22H23N5O2/c28-19-8-4-7-17-15-9-16(11-23-10-15)18(27(17)19)12-24-22(29)21-20(25-13-26-21)14-5-2-1-3-6-14/h1-8,13,15-16,18,23H,9-12H2,(H,24,29)(H,25,26)/t15-,16+,18+/m1/s1. The van der Waals surface area contributed by atoms with Gasteiger partial charge in [-0.05, 0) is 18.4 Å². The second-order valence-electron chi connectivity index (χ2n) is 7.78. The number of aromatic nitrogens is 3. The van der Waals surface area contributed by atoms with Gasteiger partial charge < -0.3 is 20.2 Å². The van der Waals surface area contributed by atoms with Crippen LogP contribution in [-0.4, -0.2) is 40.1 Å². The van der Waals surface area contributed by atoms with Gasteiger partial charge in [-0.3, -0.25) is 9.59 Å². The Bertz CT molecular complexity index is 1090. The van der Waals surface area contributed by atoms with Crippen LogP contribution in [0.4, 0.5) is 0 Å². The van der Waals surface area contributed by atoms with Crippen molar-refractivity contribution in [2.24, 2.45) is 5.92 Å². The first-order valence-electron chi connectivity index (χ1n) is 10.0. The topological polar surface area (TPSA) is 91.8 Å². The van der Waals surface area contributed by atoms with E-state index in [4.69, 9.17) is 0 Å². The number of H-pyrrole nitrogens is 1. The van der Waals surface area contributed by atoms with Gasteiger partial charge in [-0.2, -0.15) is 0 Å². The Kier molecular flexibility index (Phi) is 4.52. The normalized spacial score (nSPS) is 22.7. The van der Waals surface area contributed by atoms with Crippen LogP contribution >= 0.6 is 0 Å². The zero-order valence-electron chi connectivity index (χ0n) is 16.0. The fraction of sp³-hybridized carbons (Fsp3) is 0.318. The van der Waals surface area contributed by atoms with Crippen molar-refractivity contribution in [2.45, 2.75) is 18.4 Å². The van der Waals surface area contributed by atoms with Crippen molar-refractivity contribution in [3.63, 3.8) is 0 Å². The first-order chi connectivity index (χ1) is 14.2. The third-order valence-corrected chi connectivity index (χ3v) is 6.09. The third kappa shape index (κ3) is 3.17. The average Bonchev–Trinajstić information content (AvgIpc) is 3.25. The molecule has 148 valence electrons. The number of benzene rings is 1. The Balaban J connectivity index is 1.40. The maximum Gasteiger partial charge on any atom is 0.270 e. The first-order valence-corrected chi connectivity index (χ1v) is 10.0. The number of pyridine rings is 1. The van der Waals surface area contributed by atoms with E-state index in [-0.39, 0.29) is 17.5 Å². The highest BCUT2D eigenvalue weighted by Crippen LogP contribution is 2.38. The van der Waals surface area contributed by atoms with Crippen LogP contribution in [0.25, 0.3) is 11.3 Å². The molecule has 2 bridgehead atoms. The van der Waals surface area contributed by atoms with Gasteiger partial charge in [0.15, 0.2) is 0 Å². The van der Waals surface area contributed by atoms with Crippen LogP contribution in [0.15, 0.2) is 59.7 Å². The molecule has 0 aliphatic carbocycles. The maximum atomic E-state index is 12.9. The molecule has 3 atom stereocenters. The summed E-state index contributed by atoms with van der Waals surface area (Å²) in [5, 5.41) is 6.52. The molecule has 1 aromatic carbocycles. The number of imidazole rings is 1. The van der Waals surface area contributed by atoms with E-state index in [1.54, 1.807) is 6.07 Å². The monoisotopic (exact) mass is 389 g/mol. The molecule has 7 heteroatoms. The van der Waals surface area contributed by atoms with Gasteiger partial charge in [0.1, 0.15) is 11.4 Å². The van der Waals surface area contributed by atoms with Crippen LogP contribution in [0.1, 0.15) is 34.6 Å². The Morgan fingerprint density at radius 2 is 2.00 bits per heavy atom. The van der Waals surface area contributed by atoms with Gasteiger partial charge in [-0.1, -0.05) is 36.4 Å². The lowest BCUT2D eigenvalue weighted by atomic mass is 9.79. The number of nitrogens with one attached hydrogen (secondary N) is 3. The molecule has 1 saturated heterocycles. The molecule has 7 nitrogen and oxygen atoms in total. The van der Waals surface area contributed by atoms with Crippen molar-refractivity contribution in [3.05, 3.63) is 76.6 Å². The molecule has 3 aromatic rings. The minimum atomic E-state index is -0.210. The van der Waals surface area contributed by atoms with E-state index in [9.17, 15) is 9.59 Å². The van der Waals surface area contributed by atoms with Crippen molar-refractivity contribution >= 4 is 5.91 Å². The van der Waals surface area contributed by atoms with Crippen molar-refractivity contribution < 1.29 is 4.79 Å². The number of aromatic amines is 1. The smallest absolute Gasteiger partial charge is 0.270 e. The van der Waals surface area contributed by atoms with E-state index >= 15 is 0 Å². The lowest BCUT2D eigenvalue weighted by Gasteiger charge is -2.43. The van der Waals surface area contributed by atoms with Crippen LogP contribution in [0.2, 0.25) is 0 Å². The molecular weight excluding hydrogens is 366 g/mol. The summed E-state index contributed by atoms with van der Waals surface area (Å²) in [6, 6.07) is 15.0.